The maximum Gasteiger partial charge on any atom is 0.146 e. The molecule has 19 heavy (non-hydrogen) atoms. The predicted molar refractivity (Wildman–Crippen MR) is 83.4 cm³/mol. The normalized spacial score (nSPS) is 10.8. The zero-order chi connectivity index (χ0) is 14.8. The molecule has 0 saturated carbocycles. The zero-order valence-electron chi connectivity index (χ0n) is 12.7. The number of ketones is 1. The van der Waals surface area contributed by atoms with Crippen molar-refractivity contribution >= 4 is 16.7 Å². The lowest BCUT2D eigenvalue weighted by atomic mass is 10.0. The molecule has 1 atom stereocenters. The van der Waals surface area contributed by atoms with E-state index in [0.29, 0.717) is 6.42 Å². The fourth-order valence-corrected chi connectivity index (χ4v) is 1.68. The van der Waals surface area contributed by atoms with Gasteiger partial charge in [-0.2, -0.15) is 0 Å². The highest BCUT2D eigenvalue weighted by Gasteiger charge is 2.11. The number of carbonyl (C=O) groups excluding carboxylic acids is 1. The number of hydrogen-bond donors (Lipinski definition) is 2. The van der Waals surface area contributed by atoms with E-state index in [4.69, 9.17) is 5.73 Å². The summed E-state index contributed by atoms with van der Waals surface area (Å²) in [4.78, 5) is 14.2. The van der Waals surface area contributed by atoms with Crippen LogP contribution in [-0.4, -0.2) is 16.8 Å². The van der Waals surface area contributed by atoms with Crippen LogP contribution in [0.25, 0.3) is 10.9 Å². The SMILES string of the molecule is CC.CC.CC(=O)C(N)Cc1c[nH]c2ccccc12. The fourth-order valence-electron chi connectivity index (χ4n) is 1.68. The Bertz CT molecular complexity index is 488. The second-order valence-corrected chi connectivity index (χ2v) is 3.78. The van der Waals surface area contributed by atoms with Crippen LogP contribution in [0.4, 0.5) is 0 Å². The molecule has 0 aliphatic carbocycles. The van der Waals surface area contributed by atoms with E-state index in [1.807, 2.05) is 58.2 Å². The molecule has 106 valence electrons. The van der Waals surface area contributed by atoms with Crippen LogP contribution in [-0.2, 0) is 11.2 Å². The first kappa shape index (κ1) is 17.4. The second kappa shape index (κ2) is 9.34. The Morgan fingerprint density at radius 2 is 1.79 bits per heavy atom. The van der Waals surface area contributed by atoms with Crippen molar-refractivity contribution in [1.82, 2.24) is 4.98 Å². The van der Waals surface area contributed by atoms with Gasteiger partial charge in [-0.3, -0.25) is 4.79 Å². The summed E-state index contributed by atoms with van der Waals surface area (Å²) in [6, 6.07) is 7.61. The van der Waals surface area contributed by atoms with E-state index >= 15 is 0 Å². The molecule has 0 bridgehead atoms. The summed E-state index contributed by atoms with van der Waals surface area (Å²) in [6.45, 7) is 9.53. The minimum atomic E-state index is -0.399. The molecule has 3 N–H and O–H groups in total. The molecule has 1 unspecified atom stereocenters. The molecule has 0 spiro atoms. The lowest BCUT2D eigenvalue weighted by Gasteiger charge is -2.05. The highest BCUT2D eigenvalue weighted by Crippen LogP contribution is 2.18. The predicted octanol–water partition coefficient (Wildman–Crippen LogP) is 3.68. The molecule has 3 nitrogen and oxygen atoms in total. The molecule has 1 aromatic heterocycles. The molecular weight excluding hydrogens is 236 g/mol. The topological polar surface area (TPSA) is 58.9 Å². The van der Waals surface area contributed by atoms with Gasteiger partial charge in [-0.05, 0) is 25.0 Å². The molecule has 2 rings (SSSR count). The van der Waals surface area contributed by atoms with E-state index in [-0.39, 0.29) is 5.78 Å². The highest BCUT2D eigenvalue weighted by molar-refractivity contribution is 5.85. The molecule has 0 saturated heterocycles. The van der Waals surface area contributed by atoms with Crippen molar-refractivity contribution in [2.45, 2.75) is 47.1 Å². The third-order valence-electron chi connectivity index (χ3n) is 2.64. The van der Waals surface area contributed by atoms with Gasteiger partial charge >= 0.3 is 0 Å². The standard InChI is InChI=1S/C12H14N2O.2C2H6/c1-8(15)11(13)6-9-7-14-12-5-3-2-4-10(9)12;2*1-2/h2-5,7,11,14H,6,13H2,1H3;2*1-2H3. The minimum Gasteiger partial charge on any atom is -0.361 e. The summed E-state index contributed by atoms with van der Waals surface area (Å²) >= 11 is 0. The van der Waals surface area contributed by atoms with Gasteiger partial charge in [-0.1, -0.05) is 45.9 Å². The Morgan fingerprint density at radius 1 is 1.21 bits per heavy atom. The molecule has 2 aromatic rings. The van der Waals surface area contributed by atoms with Gasteiger partial charge in [0.1, 0.15) is 5.78 Å². The zero-order valence-corrected chi connectivity index (χ0v) is 12.7. The third-order valence-corrected chi connectivity index (χ3v) is 2.64. The molecule has 0 radical (unpaired) electrons. The van der Waals surface area contributed by atoms with Crippen molar-refractivity contribution in [2.75, 3.05) is 0 Å². The smallest absolute Gasteiger partial charge is 0.146 e. The van der Waals surface area contributed by atoms with Crippen molar-refractivity contribution in [1.29, 1.82) is 0 Å². The molecule has 0 fully saturated rings. The van der Waals surface area contributed by atoms with Crippen molar-refractivity contribution < 1.29 is 4.79 Å². The van der Waals surface area contributed by atoms with Crippen molar-refractivity contribution in [3.05, 3.63) is 36.0 Å². The highest BCUT2D eigenvalue weighted by atomic mass is 16.1. The molecule has 0 aliphatic rings. The molecule has 0 aliphatic heterocycles. The lowest BCUT2D eigenvalue weighted by Crippen LogP contribution is -2.30. The molecule has 1 heterocycles. The van der Waals surface area contributed by atoms with Crippen LogP contribution in [0.5, 0.6) is 0 Å². The summed E-state index contributed by atoms with van der Waals surface area (Å²) in [5.41, 5.74) is 7.93. The van der Waals surface area contributed by atoms with Crippen molar-refractivity contribution in [2.24, 2.45) is 5.73 Å². The number of hydrogen-bond acceptors (Lipinski definition) is 2. The Morgan fingerprint density at radius 3 is 2.37 bits per heavy atom. The number of carbonyl (C=O) groups is 1. The quantitative estimate of drug-likeness (QED) is 0.886. The van der Waals surface area contributed by atoms with E-state index in [0.717, 1.165) is 16.5 Å². The van der Waals surface area contributed by atoms with Gasteiger partial charge in [0.25, 0.3) is 0 Å². The third kappa shape index (κ3) is 4.87. The maximum atomic E-state index is 11.1. The second-order valence-electron chi connectivity index (χ2n) is 3.78. The van der Waals surface area contributed by atoms with Gasteiger partial charge in [0.15, 0.2) is 0 Å². The van der Waals surface area contributed by atoms with Crippen LogP contribution in [0.2, 0.25) is 0 Å². The van der Waals surface area contributed by atoms with Gasteiger partial charge in [-0.25, -0.2) is 0 Å². The average molecular weight is 262 g/mol. The number of para-hydroxylation sites is 1. The Kier molecular flexibility index (Phi) is 8.55. The fraction of sp³-hybridized carbons (Fsp3) is 0.438. The first-order valence-corrected chi connectivity index (χ1v) is 6.99. The largest absolute Gasteiger partial charge is 0.361 e. The van der Waals surface area contributed by atoms with Crippen LogP contribution in [0.3, 0.4) is 0 Å². The summed E-state index contributed by atoms with van der Waals surface area (Å²) in [5.74, 6) is 0.0280. The molecule has 0 amide bonds. The Hall–Kier alpha value is -1.61. The van der Waals surface area contributed by atoms with Gasteiger partial charge in [0, 0.05) is 17.1 Å². The minimum absolute atomic E-state index is 0.0280. The van der Waals surface area contributed by atoms with Crippen LogP contribution in [0.1, 0.15) is 40.2 Å². The van der Waals surface area contributed by atoms with Gasteiger partial charge in [0.05, 0.1) is 6.04 Å². The number of fused-ring (bicyclic) bond motifs is 1. The first-order chi connectivity index (χ1) is 9.18. The Labute approximate surface area is 116 Å². The van der Waals surface area contributed by atoms with Gasteiger partial charge < -0.3 is 10.7 Å². The van der Waals surface area contributed by atoms with Gasteiger partial charge in [-0.15, -0.1) is 0 Å². The number of Topliss-reactive ketones (excluding diaryl/α,β-unsaturated/α-hetero) is 1. The summed E-state index contributed by atoms with van der Waals surface area (Å²) in [6.07, 6.45) is 2.52. The number of rotatable bonds is 3. The number of nitrogens with two attached hydrogens (primary N) is 1. The van der Waals surface area contributed by atoms with Crippen LogP contribution in [0, 0.1) is 0 Å². The monoisotopic (exact) mass is 262 g/mol. The lowest BCUT2D eigenvalue weighted by molar-refractivity contribution is -0.118. The van der Waals surface area contributed by atoms with Crippen LogP contribution >= 0.6 is 0 Å². The molecule has 1 aromatic carbocycles. The average Bonchev–Trinajstić information content (AvgIpc) is 2.86. The first-order valence-electron chi connectivity index (χ1n) is 6.99. The van der Waals surface area contributed by atoms with Crippen LogP contribution < -0.4 is 5.73 Å². The van der Waals surface area contributed by atoms with E-state index in [1.54, 1.807) is 0 Å². The molecule has 3 heteroatoms. The van der Waals surface area contributed by atoms with E-state index in [2.05, 4.69) is 4.98 Å². The number of aromatic amines is 1. The van der Waals surface area contributed by atoms with E-state index in [9.17, 15) is 4.79 Å². The van der Waals surface area contributed by atoms with Gasteiger partial charge in [0.2, 0.25) is 0 Å². The summed E-state index contributed by atoms with van der Waals surface area (Å²) < 4.78 is 0. The number of nitrogens with one attached hydrogen (secondary N) is 1. The van der Waals surface area contributed by atoms with Crippen molar-refractivity contribution in [3.8, 4) is 0 Å². The number of benzene rings is 1. The van der Waals surface area contributed by atoms with E-state index in [1.165, 1.54) is 6.92 Å². The van der Waals surface area contributed by atoms with Crippen LogP contribution in [0.15, 0.2) is 30.5 Å². The van der Waals surface area contributed by atoms with E-state index < -0.39 is 6.04 Å². The number of aromatic nitrogens is 1. The maximum absolute atomic E-state index is 11.1. The Balaban J connectivity index is 0.000000741. The summed E-state index contributed by atoms with van der Waals surface area (Å²) in [7, 11) is 0. The molecular formula is C16H26N2O. The number of H-pyrrole nitrogens is 1. The summed E-state index contributed by atoms with van der Waals surface area (Å²) in [5, 5.41) is 1.15. The van der Waals surface area contributed by atoms with Crippen molar-refractivity contribution in [3.63, 3.8) is 0 Å².